The van der Waals surface area contributed by atoms with E-state index in [4.69, 9.17) is 4.74 Å². The van der Waals surface area contributed by atoms with Crippen LogP contribution in [0.15, 0.2) is 95.1 Å². The van der Waals surface area contributed by atoms with Crippen molar-refractivity contribution in [2.24, 2.45) is 7.05 Å². The number of anilines is 1. The number of esters is 1. The Bertz CT molecular complexity index is 1660. The number of thiazole rings is 1. The summed E-state index contributed by atoms with van der Waals surface area (Å²) >= 11 is 1.28. The Balaban J connectivity index is 1.43. The van der Waals surface area contributed by atoms with E-state index in [-0.39, 0.29) is 11.3 Å². The molecule has 1 amide bonds. The summed E-state index contributed by atoms with van der Waals surface area (Å²) in [5.41, 5.74) is 2.76. The van der Waals surface area contributed by atoms with E-state index in [0.717, 1.165) is 16.8 Å². The second kappa shape index (κ2) is 10.2. The number of nitrogens with zero attached hydrogens (tertiary/aromatic N) is 2. The molecule has 5 aromatic rings. The Kier molecular flexibility index (Phi) is 6.66. The summed E-state index contributed by atoms with van der Waals surface area (Å²) in [5.74, 6) is -1.29. The van der Waals surface area contributed by atoms with Crippen molar-refractivity contribution in [3.05, 3.63) is 106 Å². The first kappa shape index (κ1) is 24.1. The fraction of sp³-hybridized carbons (Fsp3) is 0.103. The van der Waals surface area contributed by atoms with Gasteiger partial charge >= 0.3 is 5.97 Å². The highest BCUT2D eigenvalue weighted by atomic mass is 32.1. The van der Waals surface area contributed by atoms with E-state index in [1.807, 2.05) is 72.1 Å². The summed E-state index contributed by atoms with van der Waals surface area (Å²) in [4.78, 5) is 43.8. The number of ether oxygens (including phenoxy) is 1. The highest BCUT2D eigenvalue weighted by Crippen LogP contribution is 2.31. The molecule has 5 rings (SSSR count). The lowest BCUT2D eigenvalue weighted by Crippen LogP contribution is -2.32. The first-order valence-electron chi connectivity index (χ1n) is 11.6. The summed E-state index contributed by atoms with van der Waals surface area (Å²) in [6.45, 7) is 1.49. The lowest BCUT2D eigenvalue weighted by atomic mass is 9.97. The number of nitrogens with one attached hydrogen (secondary N) is 1. The number of pyridine rings is 1. The van der Waals surface area contributed by atoms with Gasteiger partial charge in [0.1, 0.15) is 5.69 Å². The molecule has 8 heteroatoms. The third kappa shape index (κ3) is 4.79. The molecule has 0 aliphatic carbocycles. The van der Waals surface area contributed by atoms with Crippen molar-refractivity contribution in [2.75, 3.05) is 5.32 Å². The van der Waals surface area contributed by atoms with E-state index in [2.05, 4.69) is 10.3 Å². The molecular weight excluding hydrogens is 486 g/mol. The molecule has 0 saturated heterocycles. The summed E-state index contributed by atoms with van der Waals surface area (Å²) in [5, 5.41) is 6.08. The van der Waals surface area contributed by atoms with E-state index >= 15 is 0 Å². The standard InChI is InChI=1S/C29H23N3O4S/c1-18(26(33)31-29-30-23(17-37-29)19-11-5-3-6-12-19)36-28(35)25-24(20-13-7-4-8-14-20)21-15-9-10-16-22(21)27(34)32(25)2/h3-18H,1-2H3,(H,30,31,33). The summed E-state index contributed by atoms with van der Waals surface area (Å²) in [6.07, 6.45) is -1.12. The minimum atomic E-state index is -1.12. The zero-order valence-corrected chi connectivity index (χ0v) is 21.0. The predicted molar refractivity (Wildman–Crippen MR) is 146 cm³/mol. The van der Waals surface area contributed by atoms with Gasteiger partial charge in [-0.15, -0.1) is 11.3 Å². The van der Waals surface area contributed by atoms with Gasteiger partial charge in [0, 0.05) is 28.9 Å². The lowest BCUT2D eigenvalue weighted by molar-refractivity contribution is -0.123. The minimum absolute atomic E-state index is 0.0789. The molecule has 37 heavy (non-hydrogen) atoms. The Hall–Kier alpha value is -4.56. The van der Waals surface area contributed by atoms with Crippen LogP contribution in [0.2, 0.25) is 0 Å². The zero-order chi connectivity index (χ0) is 25.9. The van der Waals surface area contributed by atoms with E-state index < -0.39 is 18.0 Å². The number of amides is 1. The molecular formula is C29H23N3O4S. The Labute approximate surface area is 217 Å². The van der Waals surface area contributed by atoms with Crippen LogP contribution in [0.4, 0.5) is 5.13 Å². The third-order valence-electron chi connectivity index (χ3n) is 6.02. The van der Waals surface area contributed by atoms with Crippen LogP contribution in [-0.2, 0) is 16.6 Å². The van der Waals surface area contributed by atoms with Crippen LogP contribution in [0.5, 0.6) is 0 Å². The molecule has 2 aromatic heterocycles. The van der Waals surface area contributed by atoms with E-state index in [1.54, 1.807) is 18.2 Å². The van der Waals surface area contributed by atoms with Crippen LogP contribution in [0, 0.1) is 0 Å². The smallest absolute Gasteiger partial charge is 0.356 e. The van der Waals surface area contributed by atoms with Crippen LogP contribution in [0.25, 0.3) is 33.2 Å². The molecule has 0 saturated carbocycles. The van der Waals surface area contributed by atoms with Crippen LogP contribution in [-0.4, -0.2) is 27.5 Å². The van der Waals surface area contributed by atoms with Gasteiger partial charge in [-0.2, -0.15) is 0 Å². The molecule has 0 radical (unpaired) electrons. The number of rotatable bonds is 6. The van der Waals surface area contributed by atoms with Gasteiger partial charge in [-0.25, -0.2) is 9.78 Å². The Morgan fingerprint density at radius 3 is 2.16 bits per heavy atom. The topological polar surface area (TPSA) is 90.3 Å². The maximum Gasteiger partial charge on any atom is 0.356 e. The van der Waals surface area contributed by atoms with Crippen LogP contribution in [0.3, 0.4) is 0 Å². The van der Waals surface area contributed by atoms with Crippen molar-refractivity contribution >= 4 is 39.1 Å². The molecule has 184 valence electrons. The first-order chi connectivity index (χ1) is 17.9. The van der Waals surface area contributed by atoms with Crippen LogP contribution < -0.4 is 10.9 Å². The van der Waals surface area contributed by atoms with Gasteiger partial charge in [0.25, 0.3) is 11.5 Å². The van der Waals surface area contributed by atoms with Crippen molar-refractivity contribution in [1.29, 1.82) is 0 Å². The van der Waals surface area contributed by atoms with Crippen LogP contribution in [0.1, 0.15) is 17.4 Å². The second-order valence-electron chi connectivity index (χ2n) is 8.44. The molecule has 0 spiro atoms. The molecule has 0 bridgehead atoms. The van der Waals surface area contributed by atoms with Gasteiger partial charge in [-0.05, 0) is 23.9 Å². The molecule has 3 aromatic carbocycles. The number of fused-ring (bicyclic) bond motifs is 1. The van der Waals surface area contributed by atoms with Gasteiger partial charge in [-0.1, -0.05) is 78.9 Å². The Morgan fingerprint density at radius 1 is 0.892 bits per heavy atom. The van der Waals surface area contributed by atoms with Gasteiger partial charge in [-0.3, -0.25) is 14.9 Å². The predicted octanol–water partition coefficient (Wildman–Crippen LogP) is 5.51. The number of aromatic nitrogens is 2. The molecule has 2 heterocycles. The summed E-state index contributed by atoms with van der Waals surface area (Å²) < 4.78 is 6.86. The highest BCUT2D eigenvalue weighted by molar-refractivity contribution is 7.14. The fourth-order valence-corrected chi connectivity index (χ4v) is 4.87. The third-order valence-corrected chi connectivity index (χ3v) is 6.77. The molecule has 1 unspecified atom stereocenters. The zero-order valence-electron chi connectivity index (χ0n) is 20.2. The SMILES string of the molecule is CC(OC(=O)c1c(-c2ccccc2)c2ccccc2c(=O)n1C)C(=O)Nc1nc(-c2ccccc2)cs1. The van der Waals surface area contributed by atoms with Crippen molar-refractivity contribution < 1.29 is 14.3 Å². The number of carbonyl (C=O) groups excluding carboxylic acids is 2. The number of benzene rings is 3. The maximum absolute atomic E-state index is 13.4. The molecule has 0 aliphatic heterocycles. The lowest BCUT2D eigenvalue weighted by Gasteiger charge is -2.18. The van der Waals surface area contributed by atoms with E-state index in [1.165, 1.54) is 29.9 Å². The molecule has 0 aliphatic rings. The monoisotopic (exact) mass is 509 g/mol. The van der Waals surface area contributed by atoms with Crippen molar-refractivity contribution in [1.82, 2.24) is 9.55 Å². The normalized spacial score (nSPS) is 11.7. The van der Waals surface area contributed by atoms with E-state index in [9.17, 15) is 14.4 Å². The van der Waals surface area contributed by atoms with Gasteiger partial charge in [0.2, 0.25) is 0 Å². The van der Waals surface area contributed by atoms with Gasteiger partial charge in [0.05, 0.1) is 5.69 Å². The van der Waals surface area contributed by atoms with Crippen molar-refractivity contribution in [2.45, 2.75) is 13.0 Å². The summed E-state index contributed by atoms with van der Waals surface area (Å²) in [7, 11) is 1.53. The quantitative estimate of drug-likeness (QED) is 0.305. The largest absolute Gasteiger partial charge is 0.448 e. The molecule has 0 fully saturated rings. The van der Waals surface area contributed by atoms with Crippen molar-refractivity contribution in [3.8, 4) is 22.4 Å². The van der Waals surface area contributed by atoms with Crippen LogP contribution >= 0.6 is 11.3 Å². The maximum atomic E-state index is 13.4. The minimum Gasteiger partial charge on any atom is -0.448 e. The number of carbonyl (C=O) groups is 2. The fourth-order valence-electron chi connectivity index (χ4n) is 4.15. The molecule has 1 atom stereocenters. The average Bonchev–Trinajstić information content (AvgIpc) is 3.40. The van der Waals surface area contributed by atoms with Crippen molar-refractivity contribution in [3.63, 3.8) is 0 Å². The average molecular weight is 510 g/mol. The number of hydrogen-bond donors (Lipinski definition) is 1. The molecule has 7 nitrogen and oxygen atoms in total. The Morgan fingerprint density at radius 2 is 1.49 bits per heavy atom. The number of hydrogen-bond acceptors (Lipinski definition) is 6. The first-order valence-corrected chi connectivity index (χ1v) is 12.5. The van der Waals surface area contributed by atoms with E-state index in [0.29, 0.717) is 21.5 Å². The molecule has 1 N–H and O–H groups in total. The van der Waals surface area contributed by atoms with Gasteiger partial charge < -0.3 is 9.30 Å². The summed E-state index contributed by atoms with van der Waals surface area (Å²) in [6, 6.07) is 26.1. The highest BCUT2D eigenvalue weighted by Gasteiger charge is 2.26. The second-order valence-corrected chi connectivity index (χ2v) is 9.30. The van der Waals surface area contributed by atoms with Gasteiger partial charge in [0.15, 0.2) is 11.2 Å².